The normalized spacial score (nSPS) is 15.4. The van der Waals surface area contributed by atoms with Crippen LogP contribution in [0.4, 0.5) is 0 Å². The van der Waals surface area contributed by atoms with Crippen LogP contribution in [0.3, 0.4) is 0 Å². The third kappa shape index (κ3) is 2.76. The van der Waals surface area contributed by atoms with Gasteiger partial charge in [0.1, 0.15) is 4.60 Å². The predicted octanol–water partition coefficient (Wildman–Crippen LogP) is 1.61. The molecule has 3 nitrogen and oxygen atoms in total. The molecule has 0 amide bonds. The first-order valence-corrected chi connectivity index (χ1v) is 4.99. The van der Waals surface area contributed by atoms with Gasteiger partial charge in [-0.1, -0.05) is 13.0 Å². The molecule has 0 saturated carbocycles. The van der Waals surface area contributed by atoms with Crippen molar-refractivity contribution >= 4 is 15.9 Å². The molecular weight excluding hydrogens is 232 g/mol. The highest BCUT2D eigenvalue weighted by Crippen LogP contribution is 2.16. The van der Waals surface area contributed by atoms with E-state index in [9.17, 15) is 5.11 Å². The van der Waals surface area contributed by atoms with E-state index in [-0.39, 0.29) is 6.04 Å². The number of rotatable bonds is 3. The summed E-state index contributed by atoms with van der Waals surface area (Å²) in [6.45, 7) is 1.90. The topological polar surface area (TPSA) is 59.1 Å². The van der Waals surface area contributed by atoms with Gasteiger partial charge in [-0.25, -0.2) is 4.98 Å². The van der Waals surface area contributed by atoms with Crippen LogP contribution in [0.5, 0.6) is 0 Å². The van der Waals surface area contributed by atoms with Crippen LogP contribution in [0.15, 0.2) is 22.9 Å². The summed E-state index contributed by atoms with van der Waals surface area (Å²) in [6, 6.07) is 3.34. The third-order valence-corrected chi connectivity index (χ3v) is 2.44. The summed E-state index contributed by atoms with van der Waals surface area (Å²) in [5, 5.41) is 9.48. The summed E-state index contributed by atoms with van der Waals surface area (Å²) in [4.78, 5) is 4.04. The zero-order chi connectivity index (χ0) is 9.84. The van der Waals surface area contributed by atoms with E-state index in [1.807, 2.05) is 19.1 Å². The Hall–Kier alpha value is -0.450. The maximum Gasteiger partial charge on any atom is 0.106 e. The summed E-state index contributed by atoms with van der Waals surface area (Å²) < 4.78 is 0.773. The quantitative estimate of drug-likeness (QED) is 0.795. The van der Waals surface area contributed by atoms with Crippen molar-refractivity contribution in [3.05, 3.63) is 28.5 Å². The van der Waals surface area contributed by atoms with Gasteiger partial charge >= 0.3 is 0 Å². The number of aromatic nitrogens is 1. The highest BCUT2D eigenvalue weighted by molar-refractivity contribution is 9.10. The highest BCUT2D eigenvalue weighted by atomic mass is 79.9. The molecule has 0 unspecified atom stereocenters. The average Bonchev–Trinajstić information content (AvgIpc) is 2.17. The molecule has 0 aliphatic rings. The molecule has 0 radical (unpaired) electrons. The summed E-state index contributed by atoms with van der Waals surface area (Å²) in [5.74, 6) is 0. The Morgan fingerprint density at radius 1 is 1.62 bits per heavy atom. The van der Waals surface area contributed by atoms with E-state index in [0.29, 0.717) is 6.42 Å². The fourth-order valence-electron chi connectivity index (χ4n) is 1.06. The van der Waals surface area contributed by atoms with Crippen LogP contribution >= 0.6 is 15.9 Å². The van der Waals surface area contributed by atoms with Crippen LogP contribution in [0.1, 0.15) is 24.9 Å². The molecule has 0 spiro atoms. The number of halogens is 1. The lowest BCUT2D eigenvalue weighted by molar-refractivity contribution is 0.140. The summed E-state index contributed by atoms with van der Waals surface area (Å²) >= 11 is 3.23. The van der Waals surface area contributed by atoms with Gasteiger partial charge in [0.05, 0.1) is 12.1 Å². The largest absolute Gasteiger partial charge is 0.391 e. The van der Waals surface area contributed by atoms with E-state index in [2.05, 4.69) is 20.9 Å². The number of hydrogen-bond donors (Lipinski definition) is 2. The molecule has 1 rings (SSSR count). The molecule has 13 heavy (non-hydrogen) atoms. The number of aliphatic hydroxyl groups is 1. The summed E-state index contributed by atoms with van der Waals surface area (Å²) in [7, 11) is 0. The van der Waals surface area contributed by atoms with Crippen LogP contribution in [-0.4, -0.2) is 16.2 Å². The maximum atomic E-state index is 9.48. The fourth-order valence-corrected chi connectivity index (χ4v) is 1.30. The second-order valence-corrected chi connectivity index (χ2v) is 3.73. The molecule has 1 aromatic heterocycles. The Balaban J connectivity index is 2.77. The number of hydrogen-bond acceptors (Lipinski definition) is 3. The molecule has 0 fully saturated rings. The molecule has 1 heterocycles. The highest BCUT2D eigenvalue weighted by Gasteiger charge is 2.14. The fraction of sp³-hybridized carbons (Fsp3) is 0.444. The van der Waals surface area contributed by atoms with Crippen LogP contribution in [0.25, 0.3) is 0 Å². The Labute approximate surface area is 86.1 Å². The van der Waals surface area contributed by atoms with Gasteiger partial charge in [-0.15, -0.1) is 0 Å². The van der Waals surface area contributed by atoms with Gasteiger partial charge in [0, 0.05) is 6.20 Å². The van der Waals surface area contributed by atoms with Gasteiger partial charge in [-0.3, -0.25) is 0 Å². The van der Waals surface area contributed by atoms with Gasteiger partial charge in [0.2, 0.25) is 0 Å². The molecule has 4 heteroatoms. The lowest BCUT2D eigenvalue weighted by Crippen LogP contribution is -2.25. The van der Waals surface area contributed by atoms with Crippen molar-refractivity contribution in [2.75, 3.05) is 0 Å². The molecular formula is C9H13BrN2O. The van der Waals surface area contributed by atoms with Crippen molar-refractivity contribution in [3.63, 3.8) is 0 Å². The number of aliphatic hydroxyl groups excluding tert-OH is 1. The smallest absolute Gasteiger partial charge is 0.106 e. The van der Waals surface area contributed by atoms with Crippen molar-refractivity contribution in [3.8, 4) is 0 Å². The molecule has 0 aliphatic heterocycles. The predicted molar refractivity (Wildman–Crippen MR) is 55.2 cm³/mol. The summed E-state index contributed by atoms with van der Waals surface area (Å²) in [6.07, 6.45) is 1.83. The van der Waals surface area contributed by atoms with Gasteiger partial charge in [-0.05, 0) is 34.0 Å². The van der Waals surface area contributed by atoms with Gasteiger partial charge in [0.15, 0.2) is 0 Å². The standard InChI is InChI=1S/C9H13BrN2O/c1-2-7(13)9(11)6-3-4-8(10)12-5-6/h3-5,7,9,13H,2,11H2,1H3/t7-,9+/m1/s1. The van der Waals surface area contributed by atoms with Crippen LogP contribution < -0.4 is 5.73 Å². The Bertz CT molecular complexity index is 263. The Kier molecular flexibility index (Phi) is 3.84. The van der Waals surface area contributed by atoms with Crippen molar-refractivity contribution in [2.45, 2.75) is 25.5 Å². The SMILES string of the molecule is CC[C@@H](O)[C@@H](N)c1ccc(Br)nc1. The minimum absolute atomic E-state index is 0.342. The first kappa shape index (κ1) is 10.6. The third-order valence-electron chi connectivity index (χ3n) is 1.97. The first-order chi connectivity index (χ1) is 6.15. The molecule has 0 saturated heterocycles. The molecule has 1 aromatic rings. The Morgan fingerprint density at radius 3 is 2.77 bits per heavy atom. The van der Waals surface area contributed by atoms with E-state index in [4.69, 9.17) is 5.73 Å². The molecule has 2 atom stereocenters. The molecule has 0 aromatic carbocycles. The summed E-state index contributed by atoms with van der Waals surface area (Å²) in [5.41, 5.74) is 6.65. The molecule has 3 N–H and O–H groups in total. The van der Waals surface area contributed by atoms with Gasteiger partial charge in [0.25, 0.3) is 0 Å². The molecule has 0 aliphatic carbocycles. The first-order valence-electron chi connectivity index (χ1n) is 4.20. The molecule has 72 valence electrons. The van der Waals surface area contributed by atoms with Crippen molar-refractivity contribution < 1.29 is 5.11 Å². The maximum absolute atomic E-state index is 9.48. The van der Waals surface area contributed by atoms with Crippen LogP contribution in [0.2, 0.25) is 0 Å². The number of pyridine rings is 1. The Morgan fingerprint density at radius 2 is 2.31 bits per heavy atom. The minimum atomic E-state index is -0.497. The van der Waals surface area contributed by atoms with E-state index in [1.54, 1.807) is 6.20 Å². The van der Waals surface area contributed by atoms with E-state index >= 15 is 0 Å². The van der Waals surface area contributed by atoms with Crippen LogP contribution in [0, 0.1) is 0 Å². The van der Waals surface area contributed by atoms with Crippen molar-refractivity contribution in [1.82, 2.24) is 4.98 Å². The second-order valence-electron chi connectivity index (χ2n) is 2.92. The van der Waals surface area contributed by atoms with Crippen molar-refractivity contribution in [2.24, 2.45) is 5.73 Å². The van der Waals surface area contributed by atoms with E-state index in [1.165, 1.54) is 0 Å². The monoisotopic (exact) mass is 244 g/mol. The number of nitrogens with zero attached hydrogens (tertiary/aromatic N) is 1. The average molecular weight is 245 g/mol. The zero-order valence-corrected chi connectivity index (χ0v) is 9.03. The lowest BCUT2D eigenvalue weighted by atomic mass is 10.0. The van der Waals surface area contributed by atoms with Gasteiger partial charge in [-0.2, -0.15) is 0 Å². The number of nitrogens with two attached hydrogens (primary N) is 1. The minimum Gasteiger partial charge on any atom is -0.391 e. The van der Waals surface area contributed by atoms with Gasteiger partial charge < -0.3 is 10.8 Å². The second kappa shape index (κ2) is 4.69. The zero-order valence-electron chi connectivity index (χ0n) is 7.44. The van der Waals surface area contributed by atoms with Crippen molar-refractivity contribution in [1.29, 1.82) is 0 Å². The lowest BCUT2D eigenvalue weighted by Gasteiger charge is -2.16. The molecule has 0 bridgehead atoms. The van der Waals surface area contributed by atoms with E-state index < -0.39 is 6.10 Å². The van der Waals surface area contributed by atoms with E-state index in [0.717, 1.165) is 10.2 Å². The van der Waals surface area contributed by atoms with Crippen LogP contribution in [-0.2, 0) is 0 Å².